The molecule has 0 aliphatic heterocycles. The summed E-state index contributed by atoms with van der Waals surface area (Å²) in [7, 11) is 3.53. The molecule has 3 heteroatoms. The second-order valence-electron chi connectivity index (χ2n) is 5.20. The van der Waals surface area contributed by atoms with Crippen LogP contribution in [0.25, 0.3) is 10.9 Å². The Labute approximate surface area is 120 Å². The van der Waals surface area contributed by atoms with Gasteiger partial charge in [0.25, 0.3) is 5.56 Å². The highest BCUT2D eigenvalue weighted by Crippen LogP contribution is 2.26. The third-order valence-corrected chi connectivity index (χ3v) is 3.82. The molecule has 2 rings (SSSR count). The predicted molar refractivity (Wildman–Crippen MR) is 83.7 cm³/mol. The van der Waals surface area contributed by atoms with E-state index in [1.807, 2.05) is 19.2 Å². The SMILES string of the molecule is CCCc1c(CCC)c2cc(OC)ccc2n(C)c1=O. The van der Waals surface area contributed by atoms with Gasteiger partial charge in [0.2, 0.25) is 0 Å². The third kappa shape index (κ3) is 2.45. The van der Waals surface area contributed by atoms with Crippen molar-refractivity contribution < 1.29 is 4.74 Å². The summed E-state index contributed by atoms with van der Waals surface area (Å²) in [5.74, 6) is 0.843. The number of hydrogen-bond donors (Lipinski definition) is 0. The Balaban J connectivity index is 2.85. The van der Waals surface area contributed by atoms with Crippen LogP contribution in [0, 0.1) is 0 Å². The second-order valence-corrected chi connectivity index (χ2v) is 5.20. The maximum absolute atomic E-state index is 12.6. The quantitative estimate of drug-likeness (QED) is 0.835. The molecular weight excluding hydrogens is 250 g/mol. The van der Waals surface area contributed by atoms with E-state index in [0.29, 0.717) is 0 Å². The normalized spacial score (nSPS) is 11.0. The fourth-order valence-corrected chi connectivity index (χ4v) is 2.82. The molecule has 108 valence electrons. The number of aromatic nitrogens is 1. The molecule has 3 nitrogen and oxygen atoms in total. The highest BCUT2D eigenvalue weighted by molar-refractivity contribution is 5.85. The Bertz CT molecular complexity index is 671. The number of hydrogen-bond acceptors (Lipinski definition) is 2. The molecule has 20 heavy (non-hydrogen) atoms. The first-order valence-electron chi connectivity index (χ1n) is 7.32. The monoisotopic (exact) mass is 273 g/mol. The van der Waals surface area contributed by atoms with Gasteiger partial charge in [0.05, 0.1) is 12.6 Å². The molecule has 0 radical (unpaired) electrons. The molecule has 0 saturated carbocycles. The van der Waals surface area contributed by atoms with Crippen LogP contribution >= 0.6 is 0 Å². The summed E-state index contributed by atoms with van der Waals surface area (Å²) in [5, 5.41) is 1.15. The highest BCUT2D eigenvalue weighted by Gasteiger charge is 2.14. The first kappa shape index (κ1) is 14.6. The van der Waals surface area contributed by atoms with Crippen molar-refractivity contribution >= 4 is 10.9 Å². The summed E-state index contributed by atoms with van der Waals surface area (Å²) in [6.45, 7) is 4.27. The summed E-state index contributed by atoms with van der Waals surface area (Å²) in [6.07, 6.45) is 3.81. The minimum absolute atomic E-state index is 0.146. The standard InChI is InChI=1S/C17H23NO2/c1-5-7-13-14(8-6-2)17(19)18(3)16-10-9-12(20-4)11-15(13)16/h9-11H,5-8H2,1-4H3. The van der Waals surface area contributed by atoms with Crippen molar-refractivity contribution in [3.8, 4) is 5.75 Å². The number of ether oxygens (including phenoxy) is 1. The molecule has 0 amide bonds. The van der Waals surface area contributed by atoms with E-state index in [-0.39, 0.29) is 5.56 Å². The summed E-state index contributed by atoms with van der Waals surface area (Å²) in [6, 6.07) is 5.94. The molecule has 0 aliphatic rings. The van der Waals surface area contributed by atoms with Crippen LogP contribution in [-0.2, 0) is 19.9 Å². The van der Waals surface area contributed by atoms with Gasteiger partial charge >= 0.3 is 0 Å². The summed E-state index contributed by atoms with van der Waals surface area (Å²) >= 11 is 0. The highest BCUT2D eigenvalue weighted by atomic mass is 16.5. The minimum Gasteiger partial charge on any atom is -0.497 e. The zero-order chi connectivity index (χ0) is 14.7. The Morgan fingerprint density at radius 2 is 1.75 bits per heavy atom. The van der Waals surface area contributed by atoms with Gasteiger partial charge in [-0.15, -0.1) is 0 Å². The fraction of sp³-hybridized carbons (Fsp3) is 0.471. The van der Waals surface area contributed by atoms with Crippen molar-refractivity contribution in [1.82, 2.24) is 4.57 Å². The van der Waals surface area contributed by atoms with Crippen molar-refractivity contribution in [2.75, 3.05) is 7.11 Å². The van der Waals surface area contributed by atoms with Crippen molar-refractivity contribution in [2.24, 2.45) is 7.05 Å². The van der Waals surface area contributed by atoms with Crippen LogP contribution in [0.4, 0.5) is 0 Å². The van der Waals surface area contributed by atoms with Crippen molar-refractivity contribution in [2.45, 2.75) is 39.5 Å². The van der Waals surface area contributed by atoms with Crippen LogP contribution in [0.5, 0.6) is 5.75 Å². The van der Waals surface area contributed by atoms with Gasteiger partial charge in [0.15, 0.2) is 0 Å². The number of nitrogens with zero attached hydrogens (tertiary/aromatic N) is 1. The van der Waals surface area contributed by atoms with Crippen LogP contribution in [-0.4, -0.2) is 11.7 Å². The summed E-state index contributed by atoms with van der Waals surface area (Å²) < 4.78 is 7.10. The molecule has 0 fully saturated rings. The average Bonchev–Trinajstić information content (AvgIpc) is 2.47. The van der Waals surface area contributed by atoms with Gasteiger partial charge < -0.3 is 9.30 Å². The summed E-state index contributed by atoms with van der Waals surface area (Å²) in [5.41, 5.74) is 3.30. The van der Waals surface area contributed by atoms with Gasteiger partial charge in [0, 0.05) is 18.0 Å². The van der Waals surface area contributed by atoms with Gasteiger partial charge in [-0.2, -0.15) is 0 Å². The average molecular weight is 273 g/mol. The smallest absolute Gasteiger partial charge is 0.254 e. The number of fused-ring (bicyclic) bond motifs is 1. The molecule has 2 aromatic rings. The second kappa shape index (κ2) is 6.12. The molecule has 1 aromatic carbocycles. The molecular formula is C17H23NO2. The molecule has 0 N–H and O–H groups in total. The lowest BCUT2D eigenvalue weighted by atomic mass is 9.96. The van der Waals surface area contributed by atoms with Gasteiger partial charge in [0.1, 0.15) is 5.75 Å². The molecule has 0 spiro atoms. The number of pyridine rings is 1. The van der Waals surface area contributed by atoms with Gasteiger partial charge in [-0.25, -0.2) is 0 Å². The third-order valence-electron chi connectivity index (χ3n) is 3.82. The molecule has 0 unspecified atom stereocenters. The molecule has 0 atom stereocenters. The van der Waals surface area contributed by atoms with E-state index < -0.39 is 0 Å². The van der Waals surface area contributed by atoms with Crippen LogP contribution in [0.2, 0.25) is 0 Å². The maximum atomic E-state index is 12.6. The van der Waals surface area contributed by atoms with Crippen molar-refractivity contribution in [3.63, 3.8) is 0 Å². The van der Waals surface area contributed by atoms with E-state index in [2.05, 4.69) is 19.9 Å². The van der Waals surface area contributed by atoms with E-state index in [1.54, 1.807) is 11.7 Å². The summed E-state index contributed by atoms with van der Waals surface area (Å²) in [4.78, 5) is 12.6. The van der Waals surface area contributed by atoms with E-state index >= 15 is 0 Å². The molecule has 0 aliphatic carbocycles. The Morgan fingerprint density at radius 1 is 1.10 bits per heavy atom. The van der Waals surface area contributed by atoms with E-state index in [9.17, 15) is 4.79 Å². The lowest BCUT2D eigenvalue weighted by Crippen LogP contribution is -2.24. The molecule has 1 aromatic heterocycles. The lowest BCUT2D eigenvalue weighted by molar-refractivity contribution is 0.415. The number of methoxy groups -OCH3 is 1. The van der Waals surface area contributed by atoms with E-state index in [4.69, 9.17) is 4.74 Å². The van der Waals surface area contributed by atoms with Gasteiger partial charge in [-0.05, 0) is 36.6 Å². The first-order chi connectivity index (χ1) is 9.63. The first-order valence-corrected chi connectivity index (χ1v) is 7.32. The maximum Gasteiger partial charge on any atom is 0.254 e. The van der Waals surface area contributed by atoms with Gasteiger partial charge in [-0.3, -0.25) is 4.79 Å². The fourth-order valence-electron chi connectivity index (χ4n) is 2.82. The molecule has 1 heterocycles. The Morgan fingerprint density at radius 3 is 2.35 bits per heavy atom. The van der Waals surface area contributed by atoms with Crippen LogP contribution in [0.15, 0.2) is 23.0 Å². The van der Waals surface area contributed by atoms with Gasteiger partial charge in [-0.1, -0.05) is 26.7 Å². The van der Waals surface area contributed by atoms with Crippen molar-refractivity contribution in [3.05, 3.63) is 39.7 Å². The zero-order valence-corrected chi connectivity index (χ0v) is 12.8. The molecule has 0 saturated heterocycles. The number of rotatable bonds is 5. The van der Waals surface area contributed by atoms with Crippen LogP contribution in [0.3, 0.4) is 0 Å². The lowest BCUT2D eigenvalue weighted by Gasteiger charge is -2.16. The Hall–Kier alpha value is -1.77. The predicted octanol–water partition coefficient (Wildman–Crippen LogP) is 3.45. The number of aryl methyl sites for hydroxylation is 2. The number of benzene rings is 1. The van der Waals surface area contributed by atoms with Crippen LogP contribution < -0.4 is 10.3 Å². The minimum atomic E-state index is 0.146. The molecule has 0 bridgehead atoms. The largest absolute Gasteiger partial charge is 0.497 e. The van der Waals surface area contributed by atoms with Crippen LogP contribution in [0.1, 0.15) is 37.8 Å². The zero-order valence-electron chi connectivity index (χ0n) is 12.8. The van der Waals surface area contributed by atoms with E-state index in [0.717, 1.165) is 47.9 Å². The topological polar surface area (TPSA) is 31.2 Å². The van der Waals surface area contributed by atoms with E-state index in [1.165, 1.54) is 5.56 Å². The van der Waals surface area contributed by atoms with Crippen molar-refractivity contribution in [1.29, 1.82) is 0 Å². The Kier molecular flexibility index (Phi) is 4.48.